The molecule has 3 heterocycles. The fraction of sp³-hybridized carbons (Fsp3) is 0.231. The molecule has 3 rings (SSSR count). The zero-order chi connectivity index (χ0) is 13.8. The molecule has 1 radical (unpaired) electrons. The Bertz CT molecular complexity index is 598. The van der Waals surface area contributed by atoms with Crippen molar-refractivity contribution in [2.75, 3.05) is 22.7 Å². The molecule has 2 aromatic rings. The number of hydrogen-bond donors (Lipinski definition) is 0. The van der Waals surface area contributed by atoms with Gasteiger partial charge in [0, 0.05) is 19.3 Å². The maximum absolute atomic E-state index is 10.7. The van der Waals surface area contributed by atoms with Gasteiger partial charge in [-0.2, -0.15) is 0 Å². The molecule has 1 aliphatic rings. The van der Waals surface area contributed by atoms with Gasteiger partial charge in [0.1, 0.15) is 11.6 Å². The van der Waals surface area contributed by atoms with Crippen LogP contribution in [0.15, 0.2) is 42.6 Å². The van der Waals surface area contributed by atoms with E-state index in [0.29, 0.717) is 6.16 Å². The molecular formula is C13H13BN4OP. The van der Waals surface area contributed by atoms with Crippen LogP contribution in [-0.4, -0.2) is 30.6 Å². The van der Waals surface area contributed by atoms with Gasteiger partial charge >= 0.3 is 7.55 Å². The number of rotatable bonds is 4. The van der Waals surface area contributed by atoms with Crippen LogP contribution in [0, 0.1) is 0 Å². The van der Waals surface area contributed by atoms with Crippen molar-refractivity contribution in [1.82, 2.24) is 9.97 Å². The lowest BCUT2D eigenvalue weighted by Gasteiger charge is -2.17. The SMILES string of the molecule is O=PCc1cccc(N2[B]N(c3ccccn3)CC2)n1. The van der Waals surface area contributed by atoms with Crippen molar-refractivity contribution >= 4 is 27.6 Å². The van der Waals surface area contributed by atoms with E-state index in [4.69, 9.17) is 0 Å². The van der Waals surface area contributed by atoms with Crippen molar-refractivity contribution in [3.8, 4) is 0 Å². The summed E-state index contributed by atoms with van der Waals surface area (Å²) in [7, 11) is 2.11. The monoisotopic (exact) mass is 283 g/mol. The first kappa shape index (κ1) is 13.1. The van der Waals surface area contributed by atoms with E-state index < -0.39 is 0 Å². The molecule has 20 heavy (non-hydrogen) atoms. The van der Waals surface area contributed by atoms with Crippen LogP contribution in [0.4, 0.5) is 11.6 Å². The second-order valence-corrected chi connectivity index (χ2v) is 5.04. The molecule has 1 fully saturated rings. The second kappa shape index (κ2) is 6.01. The molecule has 0 amide bonds. The van der Waals surface area contributed by atoms with Crippen molar-refractivity contribution in [3.63, 3.8) is 0 Å². The van der Waals surface area contributed by atoms with Crippen LogP contribution in [-0.2, 0) is 10.7 Å². The van der Waals surface area contributed by atoms with Gasteiger partial charge in [-0.15, -0.1) is 0 Å². The molecule has 1 aliphatic heterocycles. The summed E-state index contributed by atoms with van der Waals surface area (Å²) < 4.78 is 10.7. The molecule has 2 aromatic heterocycles. The van der Waals surface area contributed by atoms with Gasteiger partial charge in [-0.3, -0.25) is 4.57 Å². The number of anilines is 2. The van der Waals surface area contributed by atoms with E-state index in [9.17, 15) is 4.57 Å². The number of pyridine rings is 2. The summed E-state index contributed by atoms with van der Waals surface area (Å²) in [5.41, 5.74) is 0.837. The third-order valence-corrected chi connectivity index (χ3v) is 3.57. The Balaban J connectivity index is 1.74. The van der Waals surface area contributed by atoms with Crippen LogP contribution >= 0.6 is 8.46 Å². The highest BCUT2D eigenvalue weighted by Gasteiger charge is 2.24. The minimum atomic E-state index is 0.0974. The third-order valence-electron chi connectivity index (χ3n) is 3.12. The number of aromatic nitrogens is 2. The molecule has 0 bridgehead atoms. The van der Waals surface area contributed by atoms with Crippen LogP contribution in [0.1, 0.15) is 5.69 Å². The smallest absolute Gasteiger partial charge is 0.382 e. The molecule has 0 aromatic carbocycles. The van der Waals surface area contributed by atoms with Gasteiger partial charge in [0.05, 0.1) is 11.9 Å². The summed E-state index contributed by atoms with van der Waals surface area (Å²) in [6.07, 6.45) is 2.24. The van der Waals surface area contributed by atoms with Crippen molar-refractivity contribution in [2.24, 2.45) is 0 Å². The summed E-state index contributed by atoms with van der Waals surface area (Å²) in [6.45, 7) is 1.74. The molecule has 0 atom stereocenters. The third kappa shape index (κ3) is 2.80. The van der Waals surface area contributed by atoms with Gasteiger partial charge in [-0.25, -0.2) is 9.97 Å². The predicted octanol–water partition coefficient (Wildman–Crippen LogP) is 2.13. The van der Waals surface area contributed by atoms with E-state index in [1.54, 1.807) is 6.20 Å². The molecule has 0 aliphatic carbocycles. The van der Waals surface area contributed by atoms with E-state index in [2.05, 4.69) is 19.6 Å². The number of nitrogens with zero attached hydrogens (tertiary/aromatic N) is 4. The Labute approximate surface area is 120 Å². The molecule has 7 heteroatoms. The van der Waals surface area contributed by atoms with E-state index in [1.807, 2.05) is 43.9 Å². The first-order valence-corrected chi connectivity index (χ1v) is 7.41. The van der Waals surface area contributed by atoms with E-state index in [1.165, 1.54) is 0 Å². The van der Waals surface area contributed by atoms with Crippen LogP contribution < -0.4 is 9.62 Å². The second-order valence-electron chi connectivity index (χ2n) is 4.46. The molecule has 99 valence electrons. The average molecular weight is 283 g/mol. The molecular weight excluding hydrogens is 270 g/mol. The summed E-state index contributed by atoms with van der Waals surface area (Å²) in [6, 6.07) is 11.7. The lowest BCUT2D eigenvalue weighted by Crippen LogP contribution is -2.30. The molecule has 5 nitrogen and oxygen atoms in total. The summed E-state index contributed by atoms with van der Waals surface area (Å²) in [4.78, 5) is 13.0. The highest BCUT2D eigenvalue weighted by atomic mass is 31.1. The van der Waals surface area contributed by atoms with Gasteiger partial charge in [-0.1, -0.05) is 12.1 Å². The van der Waals surface area contributed by atoms with Gasteiger partial charge in [0.25, 0.3) is 0 Å². The molecule has 0 N–H and O–H groups in total. The van der Waals surface area contributed by atoms with Gasteiger partial charge in [0.2, 0.25) is 0 Å². The largest absolute Gasteiger partial charge is 0.394 e. The molecule has 0 saturated carbocycles. The molecule has 0 unspecified atom stereocenters. The first-order chi connectivity index (χ1) is 9.86. The van der Waals surface area contributed by atoms with Crippen molar-refractivity contribution in [2.45, 2.75) is 6.16 Å². The maximum atomic E-state index is 10.7. The van der Waals surface area contributed by atoms with E-state index in [-0.39, 0.29) is 8.46 Å². The number of hydrogen-bond acceptors (Lipinski definition) is 5. The zero-order valence-corrected chi connectivity index (χ0v) is 11.8. The lowest BCUT2D eigenvalue weighted by atomic mass is 10.1. The Hall–Kier alpha value is -1.94. The summed E-state index contributed by atoms with van der Waals surface area (Å²) in [5.74, 6) is 1.81. The topological polar surface area (TPSA) is 49.3 Å². The maximum Gasteiger partial charge on any atom is 0.394 e. The van der Waals surface area contributed by atoms with E-state index >= 15 is 0 Å². The molecule has 1 saturated heterocycles. The average Bonchev–Trinajstić information content (AvgIpc) is 2.99. The molecule has 0 spiro atoms. The standard InChI is InChI=1S/C13H13BN4OP/c19-20-10-11-4-3-6-13(16-11)18-9-8-17(14-18)12-5-1-2-7-15-12/h1-7H,8-10H2. The zero-order valence-electron chi connectivity index (χ0n) is 10.9. The van der Waals surface area contributed by atoms with Crippen LogP contribution in [0.3, 0.4) is 0 Å². The lowest BCUT2D eigenvalue weighted by molar-refractivity contribution is 0.598. The normalized spacial score (nSPS) is 14.6. The van der Waals surface area contributed by atoms with Crippen molar-refractivity contribution < 1.29 is 4.57 Å². The highest BCUT2D eigenvalue weighted by molar-refractivity contribution is 7.22. The Morgan fingerprint density at radius 1 is 1.10 bits per heavy atom. The van der Waals surface area contributed by atoms with Crippen molar-refractivity contribution in [3.05, 3.63) is 48.3 Å². The Kier molecular flexibility index (Phi) is 3.93. The van der Waals surface area contributed by atoms with Crippen molar-refractivity contribution in [1.29, 1.82) is 0 Å². The van der Waals surface area contributed by atoms with Gasteiger partial charge in [0.15, 0.2) is 8.46 Å². The fourth-order valence-corrected chi connectivity index (χ4v) is 2.46. The summed E-state index contributed by atoms with van der Waals surface area (Å²) in [5, 5.41) is 0. The Morgan fingerprint density at radius 2 is 1.90 bits per heavy atom. The van der Waals surface area contributed by atoms with Gasteiger partial charge < -0.3 is 9.62 Å². The highest BCUT2D eigenvalue weighted by Crippen LogP contribution is 2.19. The summed E-state index contributed by atoms with van der Waals surface area (Å²) >= 11 is 0. The minimum Gasteiger partial charge on any atom is -0.382 e. The van der Waals surface area contributed by atoms with Gasteiger partial charge in [-0.05, 0) is 24.3 Å². The first-order valence-electron chi connectivity index (χ1n) is 6.41. The van der Waals surface area contributed by atoms with Crippen LogP contribution in [0.2, 0.25) is 0 Å². The quantitative estimate of drug-likeness (QED) is 0.635. The predicted molar refractivity (Wildman–Crippen MR) is 80.2 cm³/mol. The van der Waals surface area contributed by atoms with Crippen LogP contribution in [0.25, 0.3) is 0 Å². The van der Waals surface area contributed by atoms with E-state index in [0.717, 1.165) is 30.4 Å². The fourth-order valence-electron chi connectivity index (χ4n) is 2.15. The Morgan fingerprint density at radius 3 is 2.65 bits per heavy atom. The van der Waals surface area contributed by atoms with Crippen LogP contribution in [0.5, 0.6) is 0 Å². The minimum absolute atomic E-state index is 0.0974.